The molecule has 2 aliphatic carbocycles. The van der Waals surface area contributed by atoms with Crippen LogP contribution in [0.15, 0.2) is 30.3 Å². The summed E-state index contributed by atoms with van der Waals surface area (Å²) < 4.78 is 0. The lowest BCUT2D eigenvalue weighted by Crippen LogP contribution is -2.50. The Hall–Kier alpha value is -2.10. The number of ketones is 4. The number of carbonyl (C=O) groups excluding carboxylic acids is 4. The Bertz CT molecular complexity index is 681. The predicted octanol–water partition coefficient (Wildman–Crippen LogP) is 2.82. The Labute approximate surface area is 141 Å². The summed E-state index contributed by atoms with van der Waals surface area (Å²) in [7, 11) is 0. The van der Waals surface area contributed by atoms with Gasteiger partial charge >= 0.3 is 0 Å². The van der Waals surface area contributed by atoms with Crippen LogP contribution in [-0.2, 0) is 24.6 Å². The van der Waals surface area contributed by atoms with E-state index in [9.17, 15) is 19.2 Å². The third-order valence-corrected chi connectivity index (χ3v) is 5.96. The first-order valence-electron chi connectivity index (χ1n) is 8.63. The topological polar surface area (TPSA) is 68.3 Å². The van der Waals surface area contributed by atoms with Gasteiger partial charge < -0.3 is 0 Å². The third kappa shape index (κ3) is 2.74. The molecule has 126 valence electrons. The van der Waals surface area contributed by atoms with Crippen molar-refractivity contribution >= 4 is 23.1 Å². The van der Waals surface area contributed by atoms with Crippen LogP contribution in [0, 0.1) is 11.8 Å². The molecule has 0 N–H and O–H groups in total. The Morgan fingerprint density at radius 2 is 1.50 bits per heavy atom. The van der Waals surface area contributed by atoms with Crippen LogP contribution >= 0.6 is 0 Å². The summed E-state index contributed by atoms with van der Waals surface area (Å²) in [6, 6.07) is 9.77. The minimum Gasteiger partial charge on any atom is -0.300 e. The maximum absolute atomic E-state index is 12.6. The molecule has 0 saturated heterocycles. The molecular formula is C20H22O4. The van der Waals surface area contributed by atoms with Gasteiger partial charge in [-0.15, -0.1) is 0 Å². The molecule has 2 atom stereocenters. The molecule has 0 bridgehead atoms. The maximum Gasteiger partial charge on any atom is 0.264 e. The Balaban J connectivity index is 2.02. The van der Waals surface area contributed by atoms with Gasteiger partial charge in [-0.05, 0) is 30.7 Å². The highest BCUT2D eigenvalue weighted by Crippen LogP contribution is 2.48. The second-order valence-electron chi connectivity index (χ2n) is 7.17. The number of hydrogen-bond acceptors (Lipinski definition) is 4. The monoisotopic (exact) mass is 326 g/mol. The lowest BCUT2D eigenvalue weighted by molar-refractivity contribution is -0.150. The van der Waals surface area contributed by atoms with Crippen molar-refractivity contribution in [3.8, 4) is 0 Å². The van der Waals surface area contributed by atoms with Gasteiger partial charge in [-0.2, -0.15) is 0 Å². The van der Waals surface area contributed by atoms with Crippen molar-refractivity contribution in [2.75, 3.05) is 0 Å². The number of carbonyl (C=O) groups is 4. The lowest BCUT2D eigenvalue weighted by atomic mass is 9.56. The molecular weight excluding hydrogens is 304 g/mol. The molecule has 4 heteroatoms. The zero-order valence-corrected chi connectivity index (χ0v) is 13.9. The molecule has 1 aromatic carbocycles. The highest BCUT2D eigenvalue weighted by atomic mass is 16.2. The molecule has 3 rings (SSSR count). The molecule has 0 spiro atoms. The van der Waals surface area contributed by atoms with Crippen LogP contribution < -0.4 is 0 Å². The van der Waals surface area contributed by atoms with E-state index >= 15 is 0 Å². The average molecular weight is 326 g/mol. The van der Waals surface area contributed by atoms with Crippen LogP contribution in [0.5, 0.6) is 0 Å². The van der Waals surface area contributed by atoms with Crippen LogP contribution in [-0.4, -0.2) is 23.1 Å². The molecule has 1 aromatic rings. The van der Waals surface area contributed by atoms with Crippen LogP contribution in [0.25, 0.3) is 0 Å². The second kappa shape index (κ2) is 6.42. The van der Waals surface area contributed by atoms with Gasteiger partial charge in [0.15, 0.2) is 0 Å². The summed E-state index contributed by atoms with van der Waals surface area (Å²) in [5.74, 6) is -2.01. The van der Waals surface area contributed by atoms with Crippen LogP contribution in [0.1, 0.15) is 51.0 Å². The maximum atomic E-state index is 12.6. The van der Waals surface area contributed by atoms with E-state index < -0.39 is 28.7 Å². The summed E-state index contributed by atoms with van der Waals surface area (Å²) in [5.41, 5.74) is 0.500. The molecule has 0 heterocycles. The standard InChI is InChI=1S/C20H22O4/c1-20(13-5-3-2-4-6-13,14-7-9-15(21)10-8-14)16-11-12-17(22)19(24)18(16)23/h2-6,14,16H,7-12H2,1H3. The normalized spacial score (nSPS) is 25.6. The average Bonchev–Trinajstić information content (AvgIpc) is 2.60. The fourth-order valence-electron chi connectivity index (χ4n) is 4.45. The van der Waals surface area contributed by atoms with Gasteiger partial charge in [-0.25, -0.2) is 0 Å². The van der Waals surface area contributed by atoms with Crippen molar-refractivity contribution < 1.29 is 19.2 Å². The molecule has 4 nitrogen and oxygen atoms in total. The summed E-state index contributed by atoms with van der Waals surface area (Å²) in [6.45, 7) is 2.04. The molecule has 0 radical (unpaired) electrons. The van der Waals surface area contributed by atoms with E-state index in [-0.39, 0.29) is 18.1 Å². The van der Waals surface area contributed by atoms with Gasteiger partial charge in [-0.3, -0.25) is 19.2 Å². The van der Waals surface area contributed by atoms with Gasteiger partial charge in [0.05, 0.1) is 0 Å². The second-order valence-corrected chi connectivity index (χ2v) is 7.17. The first-order valence-corrected chi connectivity index (χ1v) is 8.63. The Morgan fingerprint density at radius 1 is 0.875 bits per heavy atom. The van der Waals surface area contributed by atoms with Gasteiger partial charge in [0.2, 0.25) is 11.6 Å². The highest BCUT2D eigenvalue weighted by Gasteiger charge is 2.50. The highest BCUT2D eigenvalue weighted by molar-refractivity contribution is 6.65. The smallest absolute Gasteiger partial charge is 0.264 e. The van der Waals surface area contributed by atoms with Crippen LogP contribution in [0.4, 0.5) is 0 Å². The zero-order chi connectivity index (χ0) is 17.3. The Kier molecular flexibility index (Phi) is 4.48. The van der Waals surface area contributed by atoms with Crippen molar-refractivity contribution in [2.45, 2.75) is 50.9 Å². The first-order chi connectivity index (χ1) is 11.4. The van der Waals surface area contributed by atoms with Gasteiger partial charge in [-0.1, -0.05) is 37.3 Å². The zero-order valence-electron chi connectivity index (χ0n) is 13.9. The molecule has 0 amide bonds. The van der Waals surface area contributed by atoms with E-state index in [0.29, 0.717) is 19.3 Å². The van der Waals surface area contributed by atoms with Crippen molar-refractivity contribution in [2.24, 2.45) is 11.8 Å². The van der Waals surface area contributed by atoms with Gasteiger partial charge in [0, 0.05) is 30.6 Å². The van der Waals surface area contributed by atoms with Crippen molar-refractivity contribution in [1.29, 1.82) is 0 Å². The third-order valence-electron chi connectivity index (χ3n) is 5.96. The van der Waals surface area contributed by atoms with E-state index in [1.165, 1.54) is 0 Å². The minimum absolute atomic E-state index is 0.142. The molecule has 24 heavy (non-hydrogen) atoms. The van der Waals surface area contributed by atoms with E-state index in [2.05, 4.69) is 0 Å². The summed E-state index contributed by atoms with van der Waals surface area (Å²) >= 11 is 0. The molecule has 2 aliphatic rings. The largest absolute Gasteiger partial charge is 0.300 e. The number of Topliss-reactive ketones (excluding diaryl/α,β-unsaturated/α-hetero) is 4. The number of benzene rings is 1. The van der Waals surface area contributed by atoms with Gasteiger partial charge in [0.1, 0.15) is 5.78 Å². The minimum atomic E-state index is -0.847. The fourth-order valence-corrected chi connectivity index (χ4v) is 4.45. The fraction of sp³-hybridized carbons (Fsp3) is 0.500. The van der Waals surface area contributed by atoms with Crippen molar-refractivity contribution in [3.63, 3.8) is 0 Å². The van der Waals surface area contributed by atoms with Crippen molar-refractivity contribution in [1.82, 2.24) is 0 Å². The van der Waals surface area contributed by atoms with E-state index in [0.717, 1.165) is 18.4 Å². The number of rotatable bonds is 3. The van der Waals surface area contributed by atoms with Crippen molar-refractivity contribution in [3.05, 3.63) is 35.9 Å². The quantitative estimate of drug-likeness (QED) is 0.801. The number of hydrogen-bond donors (Lipinski definition) is 0. The molecule has 2 unspecified atom stereocenters. The SMILES string of the molecule is CC(c1ccccc1)(C1CCC(=O)CC1)C1CCC(=O)C(=O)C1=O. The molecule has 0 aliphatic heterocycles. The predicted molar refractivity (Wildman–Crippen MR) is 88.5 cm³/mol. The van der Waals surface area contributed by atoms with Crippen LogP contribution in [0.2, 0.25) is 0 Å². The molecule has 2 fully saturated rings. The van der Waals surface area contributed by atoms with Crippen LogP contribution in [0.3, 0.4) is 0 Å². The first kappa shape index (κ1) is 16.7. The summed E-state index contributed by atoms with van der Waals surface area (Å²) in [5, 5.41) is 0. The molecule has 0 aromatic heterocycles. The van der Waals surface area contributed by atoms with E-state index in [1.807, 2.05) is 37.3 Å². The van der Waals surface area contributed by atoms with Gasteiger partial charge in [0.25, 0.3) is 5.78 Å². The Morgan fingerprint density at radius 3 is 2.12 bits per heavy atom. The molecule has 2 saturated carbocycles. The lowest BCUT2D eigenvalue weighted by Gasteiger charge is -2.46. The summed E-state index contributed by atoms with van der Waals surface area (Å²) in [4.78, 5) is 47.9. The van der Waals surface area contributed by atoms with E-state index in [1.54, 1.807) is 0 Å². The van der Waals surface area contributed by atoms with E-state index in [4.69, 9.17) is 0 Å². The summed E-state index contributed by atoms with van der Waals surface area (Å²) in [6.07, 6.45) is 3.08.